The van der Waals surface area contributed by atoms with E-state index in [4.69, 9.17) is 12.2 Å². The van der Waals surface area contributed by atoms with E-state index >= 15 is 0 Å². The van der Waals surface area contributed by atoms with E-state index in [0.29, 0.717) is 9.92 Å². The molecule has 14 heteroatoms. The predicted octanol–water partition coefficient (Wildman–Crippen LogP) is 2.99. The first-order valence-corrected chi connectivity index (χ1v) is 11.4. The first-order chi connectivity index (χ1) is 13.4. The SMILES string of the molecule is CCN1C(=C2SC(=S)N(NC(C)=O)C2=O)Sc2ccc(S(=O)(=O)C(F)(F)F)cc21. The number of thiocarbonyl (C=S) groups is 1. The second-order valence-corrected chi connectivity index (χ2v) is 10.4. The molecule has 1 fully saturated rings. The number of anilines is 1. The molecule has 0 bridgehead atoms. The maximum atomic E-state index is 12.9. The van der Waals surface area contributed by atoms with Crippen LogP contribution in [0.4, 0.5) is 18.9 Å². The molecule has 0 spiro atoms. The molecule has 156 valence electrons. The Morgan fingerprint density at radius 3 is 2.48 bits per heavy atom. The third-order valence-corrected chi connectivity index (χ3v) is 8.00. The quantitative estimate of drug-likeness (QED) is 0.519. The highest BCUT2D eigenvalue weighted by Gasteiger charge is 2.47. The number of nitrogens with one attached hydrogen (secondary N) is 1. The number of thioether (sulfide) groups is 2. The minimum Gasteiger partial charge on any atom is -0.334 e. The number of hydrazine groups is 1. The predicted molar refractivity (Wildman–Crippen MR) is 106 cm³/mol. The van der Waals surface area contributed by atoms with E-state index in [9.17, 15) is 31.2 Å². The van der Waals surface area contributed by atoms with Gasteiger partial charge in [0.15, 0.2) is 4.32 Å². The molecule has 2 aliphatic heterocycles. The molecule has 1 N–H and O–H groups in total. The molecule has 0 aliphatic carbocycles. The lowest BCUT2D eigenvalue weighted by molar-refractivity contribution is -0.132. The Morgan fingerprint density at radius 2 is 1.93 bits per heavy atom. The van der Waals surface area contributed by atoms with Gasteiger partial charge in [0.05, 0.1) is 10.6 Å². The number of hydrogen-bond acceptors (Lipinski definition) is 8. The molecule has 2 heterocycles. The van der Waals surface area contributed by atoms with Crippen LogP contribution in [0.3, 0.4) is 0 Å². The van der Waals surface area contributed by atoms with Crippen molar-refractivity contribution in [3.8, 4) is 0 Å². The van der Waals surface area contributed by atoms with E-state index < -0.39 is 32.1 Å². The number of nitrogens with zero attached hydrogens (tertiary/aromatic N) is 2. The highest BCUT2D eigenvalue weighted by molar-refractivity contribution is 8.27. The number of alkyl halides is 3. The molecule has 29 heavy (non-hydrogen) atoms. The first kappa shape index (κ1) is 21.9. The number of amides is 2. The fourth-order valence-electron chi connectivity index (χ4n) is 2.60. The van der Waals surface area contributed by atoms with Crippen LogP contribution in [-0.2, 0) is 19.4 Å². The van der Waals surface area contributed by atoms with Gasteiger partial charge in [-0.25, -0.2) is 8.42 Å². The average Bonchev–Trinajstić information content (AvgIpc) is 3.11. The summed E-state index contributed by atoms with van der Waals surface area (Å²) in [5.74, 6) is -1.07. The van der Waals surface area contributed by atoms with E-state index in [1.807, 2.05) is 0 Å². The molecule has 0 radical (unpaired) electrons. The minimum absolute atomic E-state index is 0.0978. The van der Waals surface area contributed by atoms with Crippen molar-refractivity contribution in [1.29, 1.82) is 0 Å². The zero-order chi connectivity index (χ0) is 21.7. The number of carbonyl (C=O) groups excluding carboxylic acids is 2. The Balaban J connectivity index is 2.05. The highest BCUT2D eigenvalue weighted by atomic mass is 32.2. The van der Waals surface area contributed by atoms with Gasteiger partial charge in [-0.2, -0.15) is 18.2 Å². The summed E-state index contributed by atoms with van der Waals surface area (Å²) in [5, 5.41) is 1.32. The monoisotopic (exact) mass is 483 g/mol. The van der Waals surface area contributed by atoms with Crippen LogP contribution < -0.4 is 10.3 Å². The molecule has 0 aromatic heterocycles. The number of carbonyl (C=O) groups is 2. The van der Waals surface area contributed by atoms with Crippen LogP contribution >= 0.6 is 35.7 Å². The van der Waals surface area contributed by atoms with Gasteiger partial charge in [-0.05, 0) is 49.1 Å². The third kappa shape index (κ3) is 3.73. The van der Waals surface area contributed by atoms with Crippen molar-refractivity contribution in [3.63, 3.8) is 0 Å². The van der Waals surface area contributed by atoms with Crippen LogP contribution in [0.5, 0.6) is 0 Å². The van der Waals surface area contributed by atoms with Crippen molar-refractivity contribution in [2.75, 3.05) is 11.4 Å². The highest BCUT2D eigenvalue weighted by Crippen LogP contribution is 2.51. The normalized spacial score (nSPS) is 19.8. The van der Waals surface area contributed by atoms with Gasteiger partial charge in [0, 0.05) is 18.4 Å². The molecule has 2 aliphatic rings. The zero-order valence-electron chi connectivity index (χ0n) is 14.7. The van der Waals surface area contributed by atoms with Gasteiger partial charge in [0.2, 0.25) is 5.91 Å². The maximum absolute atomic E-state index is 12.9. The van der Waals surface area contributed by atoms with Gasteiger partial charge in [-0.1, -0.05) is 11.8 Å². The molecule has 2 amide bonds. The zero-order valence-corrected chi connectivity index (χ0v) is 18.0. The van der Waals surface area contributed by atoms with Gasteiger partial charge < -0.3 is 4.90 Å². The van der Waals surface area contributed by atoms with Gasteiger partial charge >= 0.3 is 5.51 Å². The maximum Gasteiger partial charge on any atom is 0.501 e. The van der Waals surface area contributed by atoms with Crippen LogP contribution in [0, 0.1) is 0 Å². The summed E-state index contributed by atoms with van der Waals surface area (Å²) in [5.41, 5.74) is -2.87. The Hall–Kier alpha value is -1.77. The molecule has 0 atom stereocenters. The Bertz CT molecular complexity index is 1070. The summed E-state index contributed by atoms with van der Waals surface area (Å²) in [6.07, 6.45) is 0. The van der Waals surface area contributed by atoms with Crippen LogP contribution in [0.25, 0.3) is 0 Å². The minimum atomic E-state index is -5.51. The fraction of sp³-hybridized carbons (Fsp3) is 0.267. The van der Waals surface area contributed by atoms with Crippen LogP contribution in [-0.4, -0.2) is 41.6 Å². The lowest BCUT2D eigenvalue weighted by Gasteiger charge is -2.20. The molecule has 1 saturated heterocycles. The van der Waals surface area contributed by atoms with Crippen molar-refractivity contribution in [3.05, 3.63) is 28.1 Å². The van der Waals surface area contributed by atoms with Crippen molar-refractivity contribution in [2.24, 2.45) is 0 Å². The van der Waals surface area contributed by atoms with E-state index in [1.165, 1.54) is 17.9 Å². The second kappa shape index (κ2) is 7.49. The molecule has 0 saturated carbocycles. The van der Waals surface area contributed by atoms with Gasteiger partial charge in [0.25, 0.3) is 15.7 Å². The summed E-state index contributed by atoms with van der Waals surface area (Å²) in [4.78, 5) is 25.3. The van der Waals surface area contributed by atoms with Crippen LogP contribution in [0.2, 0.25) is 0 Å². The van der Waals surface area contributed by atoms with Crippen molar-refractivity contribution < 1.29 is 31.2 Å². The van der Waals surface area contributed by atoms with Crippen molar-refractivity contribution in [1.82, 2.24) is 10.4 Å². The Morgan fingerprint density at radius 1 is 1.28 bits per heavy atom. The molecule has 1 aromatic rings. The summed E-state index contributed by atoms with van der Waals surface area (Å²) >= 11 is 7.15. The van der Waals surface area contributed by atoms with Gasteiger partial charge in [0.1, 0.15) is 9.93 Å². The van der Waals surface area contributed by atoms with E-state index in [2.05, 4.69) is 5.43 Å². The molecule has 1 aromatic carbocycles. The number of halogens is 3. The number of hydrogen-bond donors (Lipinski definition) is 1. The lowest BCUT2D eigenvalue weighted by atomic mass is 10.3. The summed E-state index contributed by atoms with van der Waals surface area (Å²) in [6.45, 7) is 3.18. The molecule has 3 rings (SSSR count). The van der Waals surface area contributed by atoms with Crippen LogP contribution in [0.1, 0.15) is 13.8 Å². The van der Waals surface area contributed by atoms with E-state index in [1.54, 1.807) is 6.92 Å². The molecular formula is C15H12F3N3O4S4. The molecular weight excluding hydrogens is 471 g/mol. The number of fused-ring (bicyclic) bond motifs is 1. The van der Waals surface area contributed by atoms with Crippen molar-refractivity contribution >= 4 is 67.4 Å². The smallest absolute Gasteiger partial charge is 0.334 e. The first-order valence-electron chi connectivity index (χ1n) is 7.87. The standard InChI is InChI=1S/C15H12F3N3O4S4/c1-3-20-9-6-8(29(24,25)15(16,17)18)4-5-10(9)27-13(20)11-12(23)21(14(26)28-11)19-7(2)22/h4-6H,3H2,1-2H3,(H,19,22). The van der Waals surface area contributed by atoms with Crippen LogP contribution in [0.15, 0.2) is 37.9 Å². The number of sulfone groups is 1. The Labute approximate surface area is 177 Å². The van der Waals surface area contributed by atoms with Gasteiger partial charge in [-0.3, -0.25) is 15.0 Å². The van der Waals surface area contributed by atoms with Gasteiger partial charge in [-0.15, -0.1) is 0 Å². The lowest BCUT2D eigenvalue weighted by Crippen LogP contribution is -2.43. The van der Waals surface area contributed by atoms with E-state index in [0.717, 1.165) is 40.7 Å². The molecule has 7 nitrogen and oxygen atoms in total. The second-order valence-electron chi connectivity index (χ2n) is 5.74. The fourth-order valence-corrected chi connectivity index (χ4v) is 5.91. The largest absolute Gasteiger partial charge is 0.501 e. The summed E-state index contributed by atoms with van der Waals surface area (Å²) < 4.78 is 62.3. The van der Waals surface area contributed by atoms with E-state index in [-0.39, 0.29) is 21.5 Å². The third-order valence-electron chi connectivity index (χ3n) is 3.84. The Kier molecular flexibility index (Phi) is 5.66. The number of benzene rings is 1. The number of rotatable bonds is 3. The topological polar surface area (TPSA) is 86.8 Å². The average molecular weight is 484 g/mol. The molecule has 0 unspecified atom stereocenters. The summed E-state index contributed by atoms with van der Waals surface area (Å²) in [7, 11) is -5.51. The summed E-state index contributed by atoms with van der Waals surface area (Å²) in [6, 6.07) is 3.09. The van der Waals surface area contributed by atoms with Crippen molar-refractivity contribution in [2.45, 2.75) is 29.1 Å².